The van der Waals surface area contributed by atoms with Gasteiger partial charge < -0.3 is 20.1 Å². The van der Waals surface area contributed by atoms with Crippen LogP contribution in [0.15, 0.2) is 36.4 Å². The first-order valence-electron chi connectivity index (χ1n) is 11.7. The van der Waals surface area contributed by atoms with Crippen LogP contribution in [-0.2, 0) is 9.59 Å². The molecule has 184 valence electrons. The highest BCUT2D eigenvalue weighted by Crippen LogP contribution is 2.19. The molecule has 1 saturated heterocycles. The Morgan fingerprint density at radius 2 is 1.09 bits per heavy atom. The van der Waals surface area contributed by atoms with E-state index in [0.29, 0.717) is 13.3 Å². The number of hydrogen-bond donors (Lipinski definition) is 2. The molecule has 8 nitrogen and oxygen atoms in total. The van der Waals surface area contributed by atoms with Gasteiger partial charge in [0.25, 0.3) is 11.8 Å². The molecule has 2 N–H and O–H groups in total. The van der Waals surface area contributed by atoms with Gasteiger partial charge in [-0.3, -0.25) is 19.4 Å². The van der Waals surface area contributed by atoms with Gasteiger partial charge in [0.15, 0.2) is 13.2 Å². The lowest BCUT2D eigenvalue weighted by Crippen LogP contribution is -2.52. The zero-order chi connectivity index (χ0) is 24.5. The summed E-state index contributed by atoms with van der Waals surface area (Å²) in [4.78, 5) is 28.7. The molecular formula is C26H36N4O4. The van der Waals surface area contributed by atoms with E-state index in [0.717, 1.165) is 48.8 Å². The molecule has 34 heavy (non-hydrogen) atoms. The predicted molar refractivity (Wildman–Crippen MR) is 132 cm³/mol. The standard InChI is InChI=1S/C26H36N4O4/c1-19-5-7-23(21(3)13-19)33-15-25(31)27-17-29-9-11-30(12-10-29)18-28-26(32)16-34-24-8-6-20(2)14-22(24)4/h5-8,13-14H,9-12,15-18H2,1-4H3,(H,27,31)(H,28,32). The van der Waals surface area contributed by atoms with Crippen LogP contribution in [0.4, 0.5) is 0 Å². The molecule has 1 heterocycles. The van der Waals surface area contributed by atoms with Crippen molar-refractivity contribution in [3.63, 3.8) is 0 Å². The Labute approximate surface area is 202 Å². The van der Waals surface area contributed by atoms with E-state index in [1.165, 1.54) is 11.1 Å². The minimum Gasteiger partial charge on any atom is -0.484 e. The Bertz CT molecular complexity index is 907. The summed E-state index contributed by atoms with van der Waals surface area (Å²) >= 11 is 0. The quantitative estimate of drug-likeness (QED) is 0.556. The normalized spacial score (nSPS) is 14.5. The van der Waals surface area contributed by atoms with Crippen LogP contribution in [0.1, 0.15) is 22.3 Å². The number of rotatable bonds is 10. The minimum absolute atomic E-state index is 0.0000810. The number of aryl methyl sites for hydroxylation is 4. The fourth-order valence-electron chi connectivity index (χ4n) is 3.82. The van der Waals surface area contributed by atoms with Crippen LogP contribution in [0.2, 0.25) is 0 Å². The van der Waals surface area contributed by atoms with Crippen LogP contribution >= 0.6 is 0 Å². The van der Waals surface area contributed by atoms with E-state index in [1.54, 1.807) is 0 Å². The van der Waals surface area contributed by atoms with Gasteiger partial charge in [-0.25, -0.2) is 0 Å². The zero-order valence-corrected chi connectivity index (χ0v) is 20.6. The number of amides is 2. The van der Waals surface area contributed by atoms with Crippen molar-refractivity contribution in [3.05, 3.63) is 58.7 Å². The summed E-state index contributed by atoms with van der Waals surface area (Å²) in [5.41, 5.74) is 4.37. The third-order valence-corrected chi connectivity index (χ3v) is 5.84. The van der Waals surface area contributed by atoms with Crippen molar-refractivity contribution in [1.29, 1.82) is 0 Å². The van der Waals surface area contributed by atoms with Crippen LogP contribution in [0.5, 0.6) is 11.5 Å². The second-order valence-corrected chi connectivity index (χ2v) is 8.87. The predicted octanol–water partition coefficient (Wildman–Crippen LogP) is 2.14. The maximum absolute atomic E-state index is 12.1. The van der Waals surface area contributed by atoms with Gasteiger partial charge in [0.1, 0.15) is 11.5 Å². The van der Waals surface area contributed by atoms with Crippen molar-refractivity contribution in [2.75, 3.05) is 52.7 Å². The molecule has 1 aliphatic rings. The Morgan fingerprint density at radius 3 is 1.44 bits per heavy atom. The molecule has 1 aliphatic heterocycles. The SMILES string of the molecule is Cc1ccc(OCC(=O)NCN2CCN(CNC(=O)COc3ccc(C)cc3C)CC2)c(C)c1. The Morgan fingerprint density at radius 1 is 0.706 bits per heavy atom. The number of nitrogens with one attached hydrogen (secondary N) is 2. The van der Waals surface area contributed by atoms with Gasteiger partial charge in [-0.15, -0.1) is 0 Å². The van der Waals surface area contributed by atoms with Gasteiger partial charge >= 0.3 is 0 Å². The van der Waals surface area contributed by atoms with Crippen molar-refractivity contribution < 1.29 is 19.1 Å². The summed E-state index contributed by atoms with van der Waals surface area (Å²) in [6.45, 7) is 12.2. The molecule has 0 aromatic heterocycles. The van der Waals surface area contributed by atoms with E-state index in [-0.39, 0.29) is 25.0 Å². The number of ether oxygens (including phenoxy) is 2. The van der Waals surface area contributed by atoms with Crippen molar-refractivity contribution in [1.82, 2.24) is 20.4 Å². The largest absolute Gasteiger partial charge is 0.484 e. The van der Waals surface area contributed by atoms with Crippen LogP contribution in [0.3, 0.4) is 0 Å². The summed E-state index contributed by atoms with van der Waals surface area (Å²) in [7, 11) is 0. The van der Waals surface area contributed by atoms with Gasteiger partial charge in [-0.2, -0.15) is 0 Å². The number of piperazine rings is 1. The number of nitrogens with zero attached hydrogens (tertiary/aromatic N) is 2. The monoisotopic (exact) mass is 468 g/mol. The topological polar surface area (TPSA) is 83.1 Å². The maximum Gasteiger partial charge on any atom is 0.258 e. The highest BCUT2D eigenvalue weighted by molar-refractivity contribution is 5.77. The first kappa shape index (κ1) is 25.5. The fraction of sp³-hybridized carbons (Fsp3) is 0.462. The molecule has 1 fully saturated rings. The summed E-state index contributed by atoms with van der Waals surface area (Å²) in [6.07, 6.45) is 0. The number of carbonyl (C=O) groups is 2. The van der Waals surface area contributed by atoms with Crippen LogP contribution in [0.25, 0.3) is 0 Å². The lowest BCUT2D eigenvalue weighted by atomic mass is 10.1. The van der Waals surface area contributed by atoms with E-state index in [9.17, 15) is 9.59 Å². The Hall–Kier alpha value is -3.10. The first-order valence-corrected chi connectivity index (χ1v) is 11.7. The molecule has 8 heteroatoms. The van der Waals surface area contributed by atoms with Crippen LogP contribution < -0.4 is 20.1 Å². The average Bonchev–Trinajstić information content (AvgIpc) is 2.81. The number of benzene rings is 2. The van der Waals surface area contributed by atoms with Gasteiger partial charge in [-0.1, -0.05) is 35.4 Å². The third kappa shape index (κ3) is 8.04. The Balaban J connectivity index is 1.27. The molecule has 0 aliphatic carbocycles. The minimum atomic E-state index is -0.140. The van der Waals surface area contributed by atoms with E-state index in [4.69, 9.17) is 9.47 Å². The molecule has 2 aromatic rings. The lowest BCUT2D eigenvalue weighted by Gasteiger charge is -2.34. The molecular weight excluding hydrogens is 432 g/mol. The average molecular weight is 469 g/mol. The smallest absolute Gasteiger partial charge is 0.258 e. The van der Waals surface area contributed by atoms with E-state index < -0.39 is 0 Å². The molecule has 3 rings (SSSR count). The first-order chi connectivity index (χ1) is 16.3. The number of carbonyl (C=O) groups excluding carboxylic acids is 2. The van der Waals surface area contributed by atoms with Crippen molar-refractivity contribution in [2.24, 2.45) is 0 Å². The highest BCUT2D eigenvalue weighted by Gasteiger charge is 2.18. The number of hydrogen-bond acceptors (Lipinski definition) is 6. The Kier molecular flexibility index (Phi) is 9.30. The molecule has 2 amide bonds. The summed E-state index contributed by atoms with van der Waals surface area (Å²) in [5.74, 6) is 1.18. The second-order valence-electron chi connectivity index (χ2n) is 8.87. The molecule has 0 spiro atoms. The third-order valence-electron chi connectivity index (χ3n) is 5.84. The van der Waals surface area contributed by atoms with E-state index >= 15 is 0 Å². The molecule has 0 unspecified atom stereocenters. The summed E-state index contributed by atoms with van der Waals surface area (Å²) in [5, 5.41) is 5.83. The van der Waals surface area contributed by atoms with Gasteiger partial charge in [0.05, 0.1) is 13.3 Å². The fourth-order valence-corrected chi connectivity index (χ4v) is 3.82. The lowest BCUT2D eigenvalue weighted by molar-refractivity contribution is -0.125. The van der Waals surface area contributed by atoms with Crippen molar-refractivity contribution >= 4 is 11.8 Å². The van der Waals surface area contributed by atoms with Gasteiger partial charge in [0, 0.05) is 26.2 Å². The molecule has 0 saturated carbocycles. The zero-order valence-electron chi connectivity index (χ0n) is 20.6. The van der Waals surface area contributed by atoms with E-state index in [1.807, 2.05) is 64.1 Å². The van der Waals surface area contributed by atoms with Gasteiger partial charge in [-0.05, 0) is 51.0 Å². The van der Waals surface area contributed by atoms with Crippen molar-refractivity contribution in [3.8, 4) is 11.5 Å². The summed E-state index contributed by atoms with van der Waals surface area (Å²) < 4.78 is 11.3. The maximum atomic E-state index is 12.1. The van der Waals surface area contributed by atoms with E-state index in [2.05, 4.69) is 20.4 Å². The molecule has 0 atom stereocenters. The van der Waals surface area contributed by atoms with Crippen molar-refractivity contribution in [2.45, 2.75) is 27.7 Å². The van der Waals surface area contributed by atoms with Gasteiger partial charge in [0.2, 0.25) is 0 Å². The highest BCUT2D eigenvalue weighted by atomic mass is 16.5. The molecule has 0 radical (unpaired) electrons. The second kappa shape index (κ2) is 12.4. The molecule has 2 aromatic carbocycles. The van der Waals surface area contributed by atoms with Crippen LogP contribution in [0, 0.1) is 27.7 Å². The van der Waals surface area contributed by atoms with Crippen LogP contribution in [-0.4, -0.2) is 74.3 Å². The molecule has 0 bridgehead atoms. The summed E-state index contributed by atoms with van der Waals surface area (Å²) in [6, 6.07) is 11.8.